The van der Waals surface area contributed by atoms with Crippen LogP contribution in [0.15, 0.2) is 24.3 Å². The average Bonchev–Trinajstić information content (AvgIpc) is 2.58. The number of ether oxygens (including phenoxy) is 1. The van der Waals surface area contributed by atoms with E-state index in [0.717, 1.165) is 31.5 Å². The van der Waals surface area contributed by atoms with E-state index in [1.54, 1.807) is 7.11 Å². The molecule has 0 radical (unpaired) electrons. The van der Waals surface area contributed by atoms with Gasteiger partial charge in [0.25, 0.3) is 0 Å². The molecule has 2 atom stereocenters. The number of carbonyl (C=O) groups is 1. The van der Waals surface area contributed by atoms with Crippen LogP contribution in [0.4, 0.5) is 0 Å². The molecule has 1 fully saturated rings. The Morgan fingerprint density at radius 1 is 1.42 bits per heavy atom. The Bertz CT molecular complexity index is 574. The van der Waals surface area contributed by atoms with Crippen LogP contribution in [-0.4, -0.2) is 43.6 Å². The number of terminal acetylenes is 1. The SMILES string of the molecule is C#CCN1CCC(C(=O)NC(C)C(OC)c2ccc(Cl)cc2)CC1. The molecule has 4 nitrogen and oxygen atoms in total. The predicted molar refractivity (Wildman–Crippen MR) is 96.8 cm³/mol. The van der Waals surface area contributed by atoms with E-state index in [1.807, 2.05) is 31.2 Å². The number of rotatable bonds is 6. The molecule has 1 N–H and O–H groups in total. The molecular weight excluding hydrogens is 324 g/mol. The minimum Gasteiger partial charge on any atom is -0.375 e. The van der Waals surface area contributed by atoms with E-state index in [4.69, 9.17) is 22.8 Å². The van der Waals surface area contributed by atoms with Crippen molar-refractivity contribution in [1.29, 1.82) is 0 Å². The van der Waals surface area contributed by atoms with E-state index in [-0.39, 0.29) is 24.0 Å². The molecule has 130 valence electrons. The molecule has 2 unspecified atom stereocenters. The van der Waals surface area contributed by atoms with E-state index in [9.17, 15) is 4.79 Å². The zero-order valence-electron chi connectivity index (χ0n) is 14.3. The number of nitrogens with zero attached hydrogens (tertiary/aromatic N) is 1. The lowest BCUT2D eigenvalue weighted by molar-refractivity contribution is -0.128. The maximum Gasteiger partial charge on any atom is 0.223 e. The molecule has 1 aliphatic heterocycles. The van der Waals surface area contributed by atoms with Crippen molar-refractivity contribution in [2.75, 3.05) is 26.7 Å². The number of carbonyl (C=O) groups excluding carboxylic acids is 1. The van der Waals surface area contributed by atoms with Crippen LogP contribution in [0.3, 0.4) is 0 Å². The van der Waals surface area contributed by atoms with Gasteiger partial charge in [0, 0.05) is 18.1 Å². The topological polar surface area (TPSA) is 41.6 Å². The number of hydrogen-bond acceptors (Lipinski definition) is 3. The fourth-order valence-corrected chi connectivity index (χ4v) is 3.31. The molecule has 1 heterocycles. The summed E-state index contributed by atoms with van der Waals surface area (Å²) in [6, 6.07) is 7.40. The Hall–Kier alpha value is -1.54. The lowest BCUT2D eigenvalue weighted by Gasteiger charge is -2.31. The van der Waals surface area contributed by atoms with Gasteiger partial charge >= 0.3 is 0 Å². The van der Waals surface area contributed by atoms with Crippen LogP contribution >= 0.6 is 11.6 Å². The Morgan fingerprint density at radius 3 is 2.58 bits per heavy atom. The molecule has 1 aromatic carbocycles. The molecule has 0 spiro atoms. The summed E-state index contributed by atoms with van der Waals surface area (Å²) in [4.78, 5) is 14.7. The lowest BCUT2D eigenvalue weighted by atomic mass is 9.95. The molecular formula is C19H25ClN2O2. The van der Waals surface area contributed by atoms with Crippen LogP contribution in [0.1, 0.15) is 31.4 Å². The molecule has 1 aliphatic rings. The second-order valence-electron chi connectivity index (χ2n) is 6.26. The highest BCUT2D eigenvalue weighted by atomic mass is 35.5. The lowest BCUT2D eigenvalue weighted by Crippen LogP contribution is -2.45. The maximum absolute atomic E-state index is 12.5. The third-order valence-corrected chi connectivity index (χ3v) is 4.80. The fraction of sp³-hybridized carbons (Fsp3) is 0.526. The highest BCUT2D eigenvalue weighted by Crippen LogP contribution is 2.24. The van der Waals surface area contributed by atoms with Crippen molar-refractivity contribution in [3.8, 4) is 12.3 Å². The van der Waals surface area contributed by atoms with Gasteiger partial charge in [-0.1, -0.05) is 29.7 Å². The zero-order valence-corrected chi connectivity index (χ0v) is 15.1. The quantitative estimate of drug-likeness (QED) is 0.804. The van der Waals surface area contributed by atoms with Gasteiger partial charge in [0.1, 0.15) is 6.10 Å². The first kappa shape index (κ1) is 18.8. The first-order chi connectivity index (χ1) is 11.5. The van der Waals surface area contributed by atoms with Crippen LogP contribution in [0.25, 0.3) is 0 Å². The number of amides is 1. The Labute approximate surface area is 149 Å². The number of hydrogen-bond donors (Lipinski definition) is 1. The van der Waals surface area contributed by atoms with Gasteiger partial charge in [-0.15, -0.1) is 6.42 Å². The van der Waals surface area contributed by atoms with E-state index in [0.29, 0.717) is 11.6 Å². The number of nitrogens with one attached hydrogen (secondary N) is 1. The molecule has 0 saturated carbocycles. The van der Waals surface area contributed by atoms with Crippen LogP contribution in [0.2, 0.25) is 5.02 Å². The largest absolute Gasteiger partial charge is 0.375 e. The first-order valence-electron chi connectivity index (χ1n) is 8.29. The van der Waals surface area contributed by atoms with Crippen LogP contribution in [0.5, 0.6) is 0 Å². The summed E-state index contributed by atoms with van der Waals surface area (Å²) < 4.78 is 5.59. The molecule has 0 bridgehead atoms. The minimum absolute atomic E-state index is 0.0456. The summed E-state index contributed by atoms with van der Waals surface area (Å²) in [7, 11) is 1.65. The van der Waals surface area contributed by atoms with E-state index < -0.39 is 0 Å². The number of likely N-dealkylation sites (tertiary alicyclic amines) is 1. The van der Waals surface area contributed by atoms with Gasteiger partial charge in [-0.2, -0.15) is 0 Å². The molecule has 2 rings (SSSR count). The van der Waals surface area contributed by atoms with E-state index in [1.165, 1.54) is 0 Å². The number of benzene rings is 1. The number of piperidine rings is 1. The van der Waals surface area contributed by atoms with Gasteiger partial charge in [-0.25, -0.2) is 0 Å². The normalized spacial score (nSPS) is 18.6. The molecule has 1 saturated heterocycles. The third-order valence-electron chi connectivity index (χ3n) is 4.55. The van der Waals surface area contributed by atoms with E-state index in [2.05, 4.69) is 16.1 Å². The maximum atomic E-state index is 12.5. The number of methoxy groups -OCH3 is 1. The Balaban J connectivity index is 1.90. The summed E-state index contributed by atoms with van der Waals surface area (Å²) in [5.41, 5.74) is 0.999. The third kappa shape index (κ3) is 4.98. The molecule has 1 aromatic rings. The van der Waals surface area contributed by atoms with Gasteiger partial charge in [0.15, 0.2) is 0 Å². The molecule has 24 heavy (non-hydrogen) atoms. The van der Waals surface area contributed by atoms with Crippen molar-refractivity contribution in [2.24, 2.45) is 5.92 Å². The van der Waals surface area contributed by atoms with Gasteiger partial charge in [-0.05, 0) is 50.6 Å². The van der Waals surface area contributed by atoms with Crippen LogP contribution in [-0.2, 0) is 9.53 Å². The van der Waals surface area contributed by atoms with Crippen molar-refractivity contribution in [3.63, 3.8) is 0 Å². The monoisotopic (exact) mass is 348 g/mol. The summed E-state index contributed by atoms with van der Waals surface area (Å²) in [5, 5.41) is 3.79. The number of halogens is 1. The standard InChI is InChI=1S/C19H25ClN2O2/c1-4-11-22-12-9-16(10-13-22)19(23)21-14(2)18(24-3)15-5-7-17(20)8-6-15/h1,5-8,14,16,18H,9-13H2,2-3H3,(H,21,23). The highest BCUT2D eigenvalue weighted by molar-refractivity contribution is 6.30. The van der Waals surface area contributed by atoms with Gasteiger partial charge in [0.05, 0.1) is 12.6 Å². The molecule has 1 amide bonds. The van der Waals surface area contributed by atoms with Crippen molar-refractivity contribution in [2.45, 2.75) is 31.9 Å². The highest BCUT2D eigenvalue weighted by Gasteiger charge is 2.27. The van der Waals surface area contributed by atoms with Crippen molar-refractivity contribution in [1.82, 2.24) is 10.2 Å². The van der Waals surface area contributed by atoms with Gasteiger partial charge < -0.3 is 10.1 Å². The van der Waals surface area contributed by atoms with Crippen LogP contribution in [0, 0.1) is 18.3 Å². The summed E-state index contributed by atoms with van der Waals surface area (Å²) in [6.07, 6.45) is 6.83. The van der Waals surface area contributed by atoms with Gasteiger partial charge in [0.2, 0.25) is 5.91 Å². The zero-order chi connectivity index (χ0) is 17.5. The second kappa shape index (κ2) is 9.08. The van der Waals surface area contributed by atoms with Crippen molar-refractivity contribution < 1.29 is 9.53 Å². The Morgan fingerprint density at radius 2 is 2.04 bits per heavy atom. The Kier molecular flexibility index (Phi) is 7.11. The fourth-order valence-electron chi connectivity index (χ4n) is 3.18. The van der Waals surface area contributed by atoms with Gasteiger partial charge in [-0.3, -0.25) is 9.69 Å². The van der Waals surface area contributed by atoms with Crippen molar-refractivity contribution in [3.05, 3.63) is 34.9 Å². The molecule has 0 aromatic heterocycles. The smallest absolute Gasteiger partial charge is 0.223 e. The summed E-state index contributed by atoms with van der Waals surface area (Å²) >= 11 is 5.93. The predicted octanol–water partition coefficient (Wildman–Crippen LogP) is 2.88. The summed E-state index contributed by atoms with van der Waals surface area (Å²) in [6.45, 7) is 4.38. The molecule has 5 heteroatoms. The first-order valence-corrected chi connectivity index (χ1v) is 8.67. The second-order valence-corrected chi connectivity index (χ2v) is 6.70. The van der Waals surface area contributed by atoms with Crippen molar-refractivity contribution >= 4 is 17.5 Å². The summed E-state index contributed by atoms with van der Waals surface area (Å²) in [5.74, 6) is 2.80. The van der Waals surface area contributed by atoms with Crippen LogP contribution < -0.4 is 5.32 Å². The minimum atomic E-state index is -0.201. The average molecular weight is 349 g/mol. The molecule has 0 aliphatic carbocycles. The van der Waals surface area contributed by atoms with E-state index >= 15 is 0 Å².